The van der Waals surface area contributed by atoms with Crippen LogP contribution in [0.2, 0.25) is 0 Å². The van der Waals surface area contributed by atoms with Crippen LogP contribution in [0.15, 0.2) is 11.6 Å². The Kier molecular flexibility index (Phi) is 7.01. The number of hydrogen-bond donors (Lipinski definition) is 7. The van der Waals surface area contributed by atoms with Crippen LogP contribution in [0.5, 0.6) is 0 Å². The van der Waals surface area contributed by atoms with Gasteiger partial charge in [0.15, 0.2) is 6.29 Å². The van der Waals surface area contributed by atoms with E-state index in [4.69, 9.17) is 14.2 Å². The Bertz CT molecular complexity index is 1050. The van der Waals surface area contributed by atoms with E-state index in [1.165, 1.54) is 6.08 Å². The first-order valence-electron chi connectivity index (χ1n) is 14.7. The maximum absolute atomic E-state index is 12.4. The molecule has 0 aromatic rings. The van der Waals surface area contributed by atoms with Crippen molar-refractivity contribution in [3.63, 3.8) is 0 Å². The maximum atomic E-state index is 12.4. The summed E-state index contributed by atoms with van der Waals surface area (Å²) in [5.74, 6) is -0.984. The summed E-state index contributed by atoms with van der Waals surface area (Å²) in [6, 6.07) is 0. The third-order valence-corrected chi connectivity index (χ3v) is 12.2. The minimum Gasteiger partial charge on any atom is -0.458 e. The van der Waals surface area contributed by atoms with Gasteiger partial charge in [-0.2, -0.15) is 0 Å². The van der Waals surface area contributed by atoms with E-state index in [0.717, 1.165) is 5.57 Å². The molecule has 6 aliphatic rings. The van der Waals surface area contributed by atoms with E-state index < -0.39 is 71.6 Å². The molecule has 40 heavy (non-hydrogen) atoms. The lowest BCUT2D eigenvalue weighted by molar-refractivity contribution is -0.327. The summed E-state index contributed by atoms with van der Waals surface area (Å²) in [5, 5.41) is 76.4. The maximum Gasteiger partial charge on any atom is 0.331 e. The summed E-state index contributed by atoms with van der Waals surface area (Å²) in [7, 11) is 0. The van der Waals surface area contributed by atoms with E-state index in [-0.39, 0.29) is 36.8 Å². The Hall–Kier alpha value is -1.15. The predicted octanol–water partition coefficient (Wildman–Crippen LogP) is -0.486. The monoisotopic (exact) mass is 568 g/mol. The zero-order valence-corrected chi connectivity index (χ0v) is 23.2. The van der Waals surface area contributed by atoms with Crippen LogP contribution < -0.4 is 0 Å². The summed E-state index contributed by atoms with van der Waals surface area (Å²) in [4.78, 5) is 11.8. The average molecular weight is 569 g/mol. The highest BCUT2D eigenvalue weighted by Crippen LogP contribution is 2.70. The molecule has 0 radical (unpaired) electrons. The summed E-state index contributed by atoms with van der Waals surface area (Å²) >= 11 is 0. The Labute approximate surface area is 233 Å². The van der Waals surface area contributed by atoms with Gasteiger partial charge in [-0.25, -0.2) is 4.79 Å². The van der Waals surface area contributed by atoms with Crippen LogP contribution in [0.3, 0.4) is 0 Å². The second-order valence-electron chi connectivity index (χ2n) is 13.8. The molecule has 1 saturated heterocycles. The number of cyclic esters (lactones) is 1. The molecule has 5 fully saturated rings. The van der Waals surface area contributed by atoms with Gasteiger partial charge < -0.3 is 50.0 Å². The molecule has 226 valence electrons. The molecule has 0 amide bonds. The molecule has 0 bridgehead atoms. The van der Waals surface area contributed by atoms with E-state index in [0.29, 0.717) is 44.9 Å². The Morgan fingerprint density at radius 3 is 2.38 bits per heavy atom. The van der Waals surface area contributed by atoms with Crippen molar-refractivity contribution in [3.05, 3.63) is 11.6 Å². The lowest BCUT2D eigenvalue weighted by atomic mass is 9.41. The molecule has 4 aliphatic carbocycles. The van der Waals surface area contributed by atoms with Gasteiger partial charge in [0.2, 0.25) is 0 Å². The van der Waals surface area contributed by atoms with Crippen LogP contribution in [0.4, 0.5) is 0 Å². The fourth-order valence-electron chi connectivity index (χ4n) is 9.95. The Balaban J connectivity index is 1.22. The fraction of sp³-hybridized carbons (Fsp3) is 0.897. The average Bonchev–Trinajstić information content (AvgIpc) is 3.44. The van der Waals surface area contributed by atoms with Gasteiger partial charge in [0.1, 0.15) is 31.0 Å². The van der Waals surface area contributed by atoms with Crippen LogP contribution in [-0.4, -0.2) is 109 Å². The van der Waals surface area contributed by atoms with E-state index in [9.17, 15) is 40.5 Å². The highest BCUT2D eigenvalue weighted by Gasteiger charge is 2.72. The molecule has 11 heteroatoms. The number of carbonyl (C=O) groups is 1. The van der Waals surface area contributed by atoms with E-state index in [2.05, 4.69) is 0 Å². The zero-order valence-electron chi connectivity index (χ0n) is 23.2. The van der Waals surface area contributed by atoms with Gasteiger partial charge in [-0.05, 0) is 68.3 Å². The Morgan fingerprint density at radius 2 is 1.70 bits per heavy atom. The highest BCUT2D eigenvalue weighted by molar-refractivity contribution is 5.85. The van der Waals surface area contributed by atoms with E-state index >= 15 is 0 Å². The minimum atomic E-state index is -1.55. The van der Waals surface area contributed by atoms with Crippen molar-refractivity contribution in [1.82, 2.24) is 0 Å². The summed E-state index contributed by atoms with van der Waals surface area (Å²) in [6.45, 7) is 3.71. The summed E-state index contributed by atoms with van der Waals surface area (Å²) in [6.07, 6.45) is -2.86. The third-order valence-electron chi connectivity index (χ3n) is 12.2. The summed E-state index contributed by atoms with van der Waals surface area (Å²) in [5.41, 5.74) is -2.70. The number of fused-ring (bicyclic) bond motifs is 5. The van der Waals surface area contributed by atoms with Gasteiger partial charge in [0.05, 0.1) is 30.0 Å². The molecule has 0 aromatic heterocycles. The first kappa shape index (κ1) is 28.9. The van der Waals surface area contributed by atoms with Gasteiger partial charge in [-0.1, -0.05) is 13.8 Å². The predicted molar refractivity (Wildman–Crippen MR) is 137 cm³/mol. The molecule has 2 heterocycles. The largest absolute Gasteiger partial charge is 0.458 e. The van der Waals surface area contributed by atoms with Crippen molar-refractivity contribution in [1.29, 1.82) is 0 Å². The zero-order chi connectivity index (χ0) is 28.8. The summed E-state index contributed by atoms with van der Waals surface area (Å²) < 4.78 is 16.7. The fourth-order valence-corrected chi connectivity index (χ4v) is 9.95. The van der Waals surface area contributed by atoms with Crippen LogP contribution in [0, 0.1) is 28.6 Å². The van der Waals surface area contributed by atoms with E-state index in [1.807, 2.05) is 13.8 Å². The molecule has 0 aromatic carbocycles. The van der Waals surface area contributed by atoms with Crippen LogP contribution >= 0.6 is 0 Å². The Morgan fingerprint density at radius 1 is 0.950 bits per heavy atom. The molecule has 2 aliphatic heterocycles. The first-order valence-corrected chi connectivity index (χ1v) is 14.7. The molecular weight excluding hydrogens is 524 g/mol. The van der Waals surface area contributed by atoms with E-state index in [1.54, 1.807) is 0 Å². The first-order chi connectivity index (χ1) is 18.8. The van der Waals surface area contributed by atoms with Gasteiger partial charge in [0.25, 0.3) is 0 Å². The van der Waals surface area contributed by atoms with Crippen molar-refractivity contribution in [2.75, 3.05) is 13.2 Å². The SMILES string of the molecule is CC12CCC(OC3OC(CO)C(O)C(O)C3O)CC1(O)CCC1C2C(O)CC2(C)C(C3=CC(=O)OC3)CCC12O. The third kappa shape index (κ3) is 3.92. The second-order valence-corrected chi connectivity index (χ2v) is 13.8. The lowest BCUT2D eigenvalue weighted by Crippen LogP contribution is -2.71. The van der Waals surface area contributed by atoms with Gasteiger partial charge in [0, 0.05) is 23.3 Å². The molecule has 11 nitrogen and oxygen atoms in total. The molecule has 14 atom stereocenters. The topological polar surface area (TPSA) is 186 Å². The smallest absolute Gasteiger partial charge is 0.331 e. The number of ether oxygens (including phenoxy) is 3. The number of esters is 1. The van der Waals surface area contributed by atoms with Crippen molar-refractivity contribution < 1.29 is 54.8 Å². The van der Waals surface area contributed by atoms with Crippen LogP contribution in [0.25, 0.3) is 0 Å². The quantitative estimate of drug-likeness (QED) is 0.171. The molecule has 0 spiro atoms. The second kappa shape index (κ2) is 9.68. The number of aliphatic hydroxyl groups is 7. The van der Waals surface area contributed by atoms with Gasteiger partial charge in [-0.15, -0.1) is 0 Å². The molecule has 6 rings (SSSR count). The van der Waals surface area contributed by atoms with Crippen LogP contribution in [0.1, 0.15) is 65.2 Å². The van der Waals surface area contributed by atoms with Crippen LogP contribution in [-0.2, 0) is 19.0 Å². The normalized spacial score (nSPS) is 56.1. The molecule has 4 saturated carbocycles. The van der Waals surface area contributed by atoms with Crippen molar-refractivity contribution in [2.45, 2.75) is 119 Å². The standard InChI is InChI=1S/C29H44O11/c1-26-6-3-15(39-25-24(35)23(34)22(33)19(12-30)40-25)10-28(26,36)7-4-17-21(26)18(31)11-27(2)16(5-8-29(17,27)37)14-9-20(32)38-13-14/h9,15-19,21-25,30-31,33-37H,3-8,10-13H2,1-2H3. The van der Waals surface area contributed by atoms with Crippen molar-refractivity contribution in [3.8, 4) is 0 Å². The molecule has 14 unspecified atom stereocenters. The number of rotatable bonds is 4. The van der Waals surface area contributed by atoms with Gasteiger partial charge in [-0.3, -0.25) is 0 Å². The number of carbonyl (C=O) groups excluding carboxylic acids is 1. The molecular formula is C29H44O11. The van der Waals surface area contributed by atoms with Crippen molar-refractivity contribution >= 4 is 5.97 Å². The van der Waals surface area contributed by atoms with Crippen molar-refractivity contribution in [2.24, 2.45) is 28.6 Å². The highest BCUT2D eigenvalue weighted by atomic mass is 16.7. The number of hydrogen-bond acceptors (Lipinski definition) is 11. The van der Waals surface area contributed by atoms with Gasteiger partial charge >= 0.3 is 5.97 Å². The lowest BCUT2D eigenvalue weighted by Gasteiger charge is -2.67. The number of aliphatic hydroxyl groups excluding tert-OH is 5. The minimum absolute atomic E-state index is 0.0594. The molecule has 7 N–H and O–H groups in total.